The summed E-state index contributed by atoms with van der Waals surface area (Å²) in [6.07, 6.45) is 2.80. The van der Waals surface area contributed by atoms with Crippen molar-refractivity contribution in [3.63, 3.8) is 0 Å². The van der Waals surface area contributed by atoms with Crippen molar-refractivity contribution in [1.82, 2.24) is 24.4 Å². The molecular formula is C27H37ClN8O2. The number of halogens is 1. The van der Waals surface area contributed by atoms with Crippen LogP contribution >= 0.6 is 11.6 Å². The van der Waals surface area contributed by atoms with E-state index in [4.69, 9.17) is 32.2 Å². The Morgan fingerprint density at radius 1 is 1.13 bits per heavy atom. The average Bonchev–Trinajstić information content (AvgIpc) is 3.35. The SMILES string of the molecule is CN1CCOc2ccc(Cl)cc2C(=O)N2CCCCC2c2cc3nc(N(C)CCN)cc(n3n2)N(C)CC1. The van der Waals surface area contributed by atoms with Gasteiger partial charge >= 0.3 is 0 Å². The van der Waals surface area contributed by atoms with Crippen LogP contribution < -0.4 is 20.3 Å². The zero-order chi connectivity index (χ0) is 26.8. The normalized spacial score (nSPS) is 19.4. The van der Waals surface area contributed by atoms with Gasteiger partial charge in [-0.3, -0.25) is 4.79 Å². The Hall–Kier alpha value is -3.08. The van der Waals surface area contributed by atoms with Gasteiger partial charge in [-0.15, -0.1) is 0 Å². The van der Waals surface area contributed by atoms with Crippen molar-refractivity contribution in [3.8, 4) is 5.75 Å². The third-order valence-electron chi connectivity index (χ3n) is 7.49. The van der Waals surface area contributed by atoms with E-state index in [9.17, 15) is 4.79 Å². The maximum atomic E-state index is 14.0. The lowest BCUT2D eigenvalue weighted by molar-refractivity contribution is 0.0601. The fourth-order valence-electron chi connectivity index (χ4n) is 5.19. The lowest BCUT2D eigenvalue weighted by Crippen LogP contribution is -2.39. The number of carbonyl (C=O) groups is 1. The number of piperidine rings is 1. The number of rotatable bonds is 3. The molecule has 1 fully saturated rings. The van der Waals surface area contributed by atoms with Crippen molar-refractivity contribution in [1.29, 1.82) is 0 Å². The van der Waals surface area contributed by atoms with Gasteiger partial charge in [0.2, 0.25) is 0 Å². The van der Waals surface area contributed by atoms with Gasteiger partial charge in [0.25, 0.3) is 5.91 Å². The van der Waals surface area contributed by atoms with E-state index >= 15 is 0 Å². The molecular weight excluding hydrogens is 504 g/mol. The number of ether oxygens (including phenoxy) is 1. The summed E-state index contributed by atoms with van der Waals surface area (Å²) in [4.78, 5) is 27.3. The summed E-state index contributed by atoms with van der Waals surface area (Å²) in [5, 5.41) is 5.55. The summed E-state index contributed by atoms with van der Waals surface area (Å²) >= 11 is 6.34. The van der Waals surface area contributed by atoms with Gasteiger partial charge in [0.05, 0.1) is 17.3 Å². The van der Waals surface area contributed by atoms with Gasteiger partial charge in [-0.05, 0) is 44.5 Å². The third-order valence-corrected chi connectivity index (χ3v) is 7.72. The molecule has 4 heterocycles. The van der Waals surface area contributed by atoms with E-state index in [0.29, 0.717) is 42.6 Å². The molecule has 0 radical (unpaired) electrons. The van der Waals surface area contributed by atoms with Gasteiger partial charge in [-0.1, -0.05) is 11.6 Å². The Labute approximate surface area is 228 Å². The zero-order valence-corrected chi connectivity index (χ0v) is 23.2. The van der Waals surface area contributed by atoms with Gasteiger partial charge in [0.15, 0.2) is 5.65 Å². The molecule has 1 atom stereocenters. The molecule has 2 aliphatic heterocycles. The number of benzene rings is 1. The van der Waals surface area contributed by atoms with Crippen LogP contribution in [0.4, 0.5) is 11.6 Å². The van der Waals surface area contributed by atoms with Crippen molar-refractivity contribution in [3.05, 3.63) is 46.6 Å². The van der Waals surface area contributed by atoms with E-state index < -0.39 is 0 Å². The first-order valence-electron chi connectivity index (χ1n) is 13.3. The molecule has 3 aromatic rings. The number of hydrogen-bond donors (Lipinski definition) is 1. The number of anilines is 2. The number of carbonyl (C=O) groups excluding carboxylic acids is 1. The quantitative estimate of drug-likeness (QED) is 0.542. The highest BCUT2D eigenvalue weighted by Crippen LogP contribution is 2.35. The lowest BCUT2D eigenvalue weighted by Gasteiger charge is -2.35. The summed E-state index contributed by atoms with van der Waals surface area (Å²) in [7, 11) is 6.15. The monoisotopic (exact) mass is 540 g/mol. The van der Waals surface area contributed by atoms with Crippen LogP contribution in [0.25, 0.3) is 5.65 Å². The molecule has 2 N–H and O–H groups in total. The van der Waals surface area contributed by atoms with E-state index in [2.05, 4.69) is 34.9 Å². The van der Waals surface area contributed by atoms with Crippen molar-refractivity contribution >= 4 is 34.8 Å². The number of nitrogens with zero attached hydrogens (tertiary/aromatic N) is 7. The van der Waals surface area contributed by atoms with Gasteiger partial charge < -0.3 is 30.1 Å². The Bertz CT molecular complexity index is 1300. The van der Waals surface area contributed by atoms with Crippen LogP contribution in [0.2, 0.25) is 5.02 Å². The number of amides is 1. The fourth-order valence-corrected chi connectivity index (χ4v) is 5.36. The molecule has 38 heavy (non-hydrogen) atoms. The molecule has 0 saturated carbocycles. The molecule has 5 rings (SSSR count). The zero-order valence-electron chi connectivity index (χ0n) is 22.4. The minimum atomic E-state index is -0.160. The van der Waals surface area contributed by atoms with Crippen molar-refractivity contribution in [2.24, 2.45) is 5.73 Å². The number of hydrogen-bond acceptors (Lipinski definition) is 8. The first-order valence-corrected chi connectivity index (χ1v) is 13.7. The molecule has 0 spiro atoms. The lowest BCUT2D eigenvalue weighted by atomic mass is 9.98. The summed E-state index contributed by atoms with van der Waals surface area (Å²) < 4.78 is 8.04. The molecule has 11 heteroatoms. The smallest absolute Gasteiger partial charge is 0.258 e. The number of aromatic nitrogens is 3. The predicted molar refractivity (Wildman–Crippen MR) is 151 cm³/mol. The first kappa shape index (κ1) is 26.5. The minimum absolute atomic E-state index is 0.0848. The van der Waals surface area contributed by atoms with Gasteiger partial charge in [-0.2, -0.15) is 9.61 Å². The molecule has 1 unspecified atom stereocenters. The van der Waals surface area contributed by atoms with Crippen LogP contribution in [0, 0.1) is 0 Å². The molecule has 2 aromatic heterocycles. The Morgan fingerprint density at radius 2 is 1.97 bits per heavy atom. The van der Waals surface area contributed by atoms with Crippen molar-refractivity contribution < 1.29 is 9.53 Å². The Balaban J connectivity index is 1.63. The molecule has 2 bridgehead atoms. The molecule has 1 saturated heterocycles. The highest BCUT2D eigenvalue weighted by atomic mass is 35.5. The van der Waals surface area contributed by atoms with Crippen LogP contribution in [0.5, 0.6) is 5.75 Å². The fraction of sp³-hybridized carbons (Fsp3) is 0.519. The third kappa shape index (κ3) is 5.39. The standard InChI is InChI=1S/C27H37ClN8O2/c1-32-12-13-34(3)26-18-24(33(2)11-9-29)30-25-17-21(31-36(25)26)22-6-4-5-10-35(22)27(37)20-16-19(28)7-8-23(20)38-15-14-32/h7-8,16-18,22H,4-6,9-15,29H2,1-3H3. The maximum Gasteiger partial charge on any atom is 0.258 e. The summed E-state index contributed by atoms with van der Waals surface area (Å²) in [6.45, 7) is 4.70. The second kappa shape index (κ2) is 11.3. The van der Waals surface area contributed by atoms with E-state index in [1.807, 2.05) is 22.5 Å². The van der Waals surface area contributed by atoms with Crippen LogP contribution in [0.15, 0.2) is 30.3 Å². The number of likely N-dealkylation sites (N-methyl/N-ethyl adjacent to an activating group) is 3. The van der Waals surface area contributed by atoms with E-state index in [1.165, 1.54) is 0 Å². The number of nitrogens with two attached hydrogens (primary N) is 1. The summed E-state index contributed by atoms with van der Waals surface area (Å²) in [5.41, 5.74) is 7.92. The largest absolute Gasteiger partial charge is 0.491 e. The molecule has 0 aliphatic carbocycles. The minimum Gasteiger partial charge on any atom is -0.491 e. The van der Waals surface area contributed by atoms with Crippen LogP contribution in [0.1, 0.15) is 41.4 Å². The highest BCUT2D eigenvalue weighted by Gasteiger charge is 2.33. The number of fused-ring (bicyclic) bond motifs is 4. The summed E-state index contributed by atoms with van der Waals surface area (Å²) in [5.74, 6) is 2.27. The molecule has 204 valence electrons. The molecule has 1 amide bonds. The van der Waals surface area contributed by atoms with Crippen molar-refractivity contribution in [2.45, 2.75) is 25.3 Å². The molecule has 1 aromatic carbocycles. The first-order chi connectivity index (χ1) is 18.4. The average molecular weight is 541 g/mol. The Kier molecular flexibility index (Phi) is 7.92. The van der Waals surface area contributed by atoms with Crippen LogP contribution in [-0.4, -0.2) is 97.3 Å². The molecule has 10 nitrogen and oxygen atoms in total. The highest BCUT2D eigenvalue weighted by molar-refractivity contribution is 6.31. The maximum absolute atomic E-state index is 14.0. The Morgan fingerprint density at radius 3 is 2.79 bits per heavy atom. The van der Waals surface area contributed by atoms with Crippen molar-refractivity contribution in [2.75, 3.05) is 76.8 Å². The van der Waals surface area contributed by atoms with Gasteiger partial charge in [0.1, 0.15) is 24.0 Å². The van der Waals surface area contributed by atoms with E-state index in [-0.39, 0.29) is 11.9 Å². The van der Waals surface area contributed by atoms with Crippen LogP contribution in [-0.2, 0) is 0 Å². The second-order valence-electron chi connectivity index (χ2n) is 10.2. The predicted octanol–water partition coefficient (Wildman–Crippen LogP) is 2.91. The second-order valence-corrected chi connectivity index (χ2v) is 10.7. The topological polar surface area (TPSA) is 95.5 Å². The van der Waals surface area contributed by atoms with E-state index in [1.54, 1.807) is 18.2 Å². The summed E-state index contributed by atoms with van der Waals surface area (Å²) in [6, 6.07) is 9.21. The van der Waals surface area contributed by atoms with Gasteiger partial charge in [-0.25, -0.2) is 4.98 Å². The van der Waals surface area contributed by atoms with Crippen LogP contribution in [0.3, 0.4) is 0 Å². The van der Waals surface area contributed by atoms with E-state index in [0.717, 1.165) is 61.9 Å². The molecule has 2 aliphatic rings. The van der Waals surface area contributed by atoms with Gasteiger partial charge in [0, 0.05) is 70.5 Å².